The van der Waals surface area contributed by atoms with Gasteiger partial charge < -0.3 is 14.1 Å². The minimum Gasteiger partial charge on any atom is -0.494 e. The summed E-state index contributed by atoms with van der Waals surface area (Å²) in [4.78, 5) is 18.2. The summed E-state index contributed by atoms with van der Waals surface area (Å²) in [6, 6.07) is 17.3. The van der Waals surface area contributed by atoms with Gasteiger partial charge in [0.25, 0.3) is 5.56 Å². The fraction of sp³-hybridized carbons (Fsp3) is 0.286. The Morgan fingerprint density at radius 2 is 1.95 bits per heavy atom. The van der Waals surface area contributed by atoms with Crippen molar-refractivity contribution >= 4 is 10.9 Å². The number of furan rings is 1. The zero-order valence-electron chi connectivity index (χ0n) is 21.3. The quantitative estimate of drug-likeness (QED) is 0.268. The van der Waals surface area contributed by atoms with Gasteiger partial charge in [0.2, 0.25) is 0 Å². The van der Waals surface area contributed by atoms with E-state index in [9.17, 15) is 9.18 Å². The van der Waals surface area contributed by atoms with Crippen molar-refractivity contribution in [3.8, 4) is 5.75 Å². The standard InChI is InChI=1S/C28H29FN6O3/c1-3-26(27-31-32-33-35(27)16-19-7-9-22(29)10-8-19)34(18-24-6-5-13-38-24)17-21-14-20-15-23(37-4-2)11-12-25(20)30-28(21)36/h5-15,26H,3-4,16-18H2,1-2H3,(H,30,36). The molecule has 1 unspecified atom stereocenters. The van der Waals surface area contributed by atoms with Gasteiger partial charge in [0.1, 0.15) is 17.3 Å². The third kappa shape index (κ3) is 5.65. The maximum atomic E-state index is 13.4. The van der Waals surface area contributed by atoms with E-state index in [1.54, 1.807) is 23.1 Å². The van der Waals surface area contributed by atoms with Gasteiger partial charge in [0.15, 0.2) is 5.82 Å². The van der Waals surface area contributed by atoms with E-state index < -0.39 is 0 Å². The normalized spacial score (nSPS) is 12.3. The van der Waals surface area contributed by atoms with E-state index in [0.717, 1.165) is 28.0 Å². The summed E-state index contributed by atoms with van der Waals surface area (Å²) in [5.74, 6) is 1.86. The number of H-pyrrole nitrogens is 1. The molecular formula is C28H29FN6O3. The van der Waals surface area contributed by atoms with Gasteiger partial charge in [0, 0.05) is 23.0 Å². The lowest BCUT2D eigenvalue weighted by atomic mass is 10.1. The first-order chi connectivity index (χ1) is 18.5. The lowest BCUT2D eigenvalue weighted by molar-refractivity contribution is 0.149. The number of benzene rings is 2. The number of aromatic amines is 1. The zero-order chi connectivity index (χ0) is 26.5. The third-order valence-corrected chi connectivity index (χ3v) is 6.45. The van der Waals surface area contributed by atoms with E-state index in [2.05, 4.69) is 32.3 Å². The van der Waals surface area contributed by atoms with Gasteiger partial charge in [-0.05, 0) is 77.9 Å². The molecule has 1 N–H and O–H groups in total. The predicted octanol–water partition coefficient (Wildman–Crippen LogP) is 4.85. The molecule has 0 radical (unpaired) electrons. The van der Waals surface area contributed by atoms with Crippen LogP contribution in [0.4, 0.5) is 4.39 Å². The number of hydrogen-bond acceptors (Lipinski definition) is 7. The lowest BCUT2D eigenvalue weighted by Crippen LogP contribution is -2.32. The fourth-order valence-electron chi connectivity index (χ4n) is 4.63. The lowest BCUT2D eigenvalue weighted by Gasteiger charge is -2.29. The number of pyridine rings is 1. The van der Waals surface area contributed by atoms with Crippen LogP contribution in [0.1, 0.15) is 49.0 Å². The maximum absolute atomic E-state index is 13.4. The summed E-state index contributed by atoms with van der Waals surface area (Å²) in [6.45, 7) is 5.73. The Kier molecular flexibility index (Phi) is 7.60. The van der Waals surface area contributed by atoms with Crippen molar-refractivity contribution < 1.29 is 13.5 Å². The zero-order valence-corrected chi connectivity index (χ0v) is 21.3. The maximum Gasteiger partial charge on any atom is 0.252 e. The van der Waals surface area contributed by atoms with E-state index in [1.165, 1.54) is 12.1 Å². The molecule has 1 atom stereocenters. The van der Waals surface area contributed by atoms with Gasteiger partial charge in [0.05, 0.1) is 32.0 Å². The Morgan fingerprint density at radius 1 is 1.11 bits per heavy atom. The summed E-state index contributed by atoms with van der Waals surface area (Å²) in [5.41, 5.74) is 2.07. The van der Waals surface area contributed by atoms with Crippen LogP contribution in [0.5, 0.6) is 5.75 Å². The summed E-state index contributed by atoms with van der Waals surface area (Å²) >= 11 is 0. The molecule has 0 saturated carbocycles. The highest BCUT2D eigenvalue weighted by atomic mass is 19.1. The molecule has 0 amide bonds. The molecule has 38 heavy (non-hydrogen) atoms. The number of aromatic nitrogens is 5. The molecule has 0 fully saturated rings. The van der Waals surface area contributed by atoms with Crippen LogP contribution in [0.2, 0.25) is 0 Å². The van der Waals surface area contributed by atoms with Gasteiger partial charge in [-0.25, -0.2) is 9.07 Å². The van der Waals surface area contributed by atoms with Crippen molar-refractivity contribution in [2.45, 2.75) is 45.9 Å². The third-order valence-electron chi connectivity index (χ3n) is 6.45. The minimum absolute atomic E-state index is 0.160. The molecule has 0 spiro atoms. The van der Waals surface area contributed by atoms with Crippen LogP contribution in [0.3, 0.4) is 0 Å². The van der Waals surface area contributed by atoms with Crippen LogP contribution in [-0.4, -0.2) is 36.7 Å². The van der Waals surface area contributed by atoms with Crippen LogP contribution in [0, 0.1) is 5.82 Å². The molecule has 0 aliphatic carbocycles. The molecule has 3 heterocycles. The smallest absolute Gasteiger partial charge is 0.252 e. The molecule has 2 aromatic carbocycles. The Bertz CT molecular complexity index is 1550. The van der Waals surface area contributed by atoms with E-state index in [1.807, 2.05) is 43.3 Å². The number of halogens is 1. The van der Waals surface area contributed by atoms with Gasteiger partial charge in [-0.1, -0.05) is 19.1 Å². The molecule has 0 saturated heterocycles. The number of nitrogens with one attached hydrogen (secondary N) is 1. The molecule has 10 heteroatoms. The van der Waals surface area contributed by atoms with Crippen molar-refractivity contribution in [1.82, 2.24) is 30.1 Å². The summed E-state index contributed by atoms with van der Waals surface area (Å²) in [7, 11) is 0. The van der Waals surface area contributed by atoms with Gasteiger partial charge in [-0.3, -0.25) is 9.69 Å². The first kappa shape index (κ1) is 25.3. The number of nitrogens with zero attached hydrogens (tertiary/aromatic N) is 5. The average Bonchev–Trinajstić information content (AvgIpc) is 3.59. The van der Waals surface area contributed by atoms with Gasteiger partial charge in [-0.2, -0.15) is 0 Å². The van der Waals surface area contributed by atoms with Crippen molar-refractivity contribution in [3.05, 3.63) is 106 Å². The first-order valence-corrected chi connectivity index (χ1v) is 12.6. The summed E-state index contributed by atoms with van der Waals surface area (Å²) in [5, 5.41) is 13.4. The second-order valence-corrected chi connectivity index (χ2v) is 9.04. The van der Waals surface area contributed by atoms with Crippen molar-refractivity contribution in [2.75, 3.05) is 6.61 Å². The SMILES string of the molecule is CCOc1ccc2[nH]c(=O)c(CN(Cc3ccco3)C(CC)c3nnnn3Cc3ccc(F)cc3)cc2c1. The highest BCUT2D eigenvalue weighted by Gasteiger charge is 2.27. The number of hydrogen-bond donors (Lipinski definition) is 1. The second kappa shape index (κ2) is 11.4. The van der Waals surface area contributed by atoms with E-state index >= 15 is 0 Å². The van der Waals surface area contributed by atoms with Crippen molar-refractivity contribution in [3.63, 3.8) is 0 Å². The topological polar surface area (TPSA) is 102 Å². The molecule has 3 aromatic heterocycles. The minimum atomic E-state index is -0.296. The molecule has 5 rings (SSSR count). The average molecular weight is 517 g/mol. The molecular weight excluding hydrogens is 487 g/mol. The summed E-state index contributed by atoms with van der Waals surface area (Å²) in [6.07, 6.45) is 2.32. The predicted molar refractivity (Wildman–Crippen MR) is 140 cm³/mol. The molecule has 0 bridgehead atoms. The first-order valence-electron chi connectivity index (χ1n) is 12.6. The molecule has 196 valence electrons. The molecule has 0 aliphatic heterocycles. The van der Waals surface area contributed by atoms with Crippen molar-refractivity contribution in [1.29, 1.82) is 0 Å². The van der Waals surface area contributed by atoms with Crippen LogP contribution in [0.15, 0.2) is 76.1 Å². The van der Waals surface area contributed by atoms with Crippen LogP contribution < -0.4 is 10.3 Å². The monoisotopic (exact) mass is 516 g/mol. The van der Waals surface area contributed by atoms with Crippen LogP contribution >= 0.6 is 0 Å². The number of rotatable bonds is 11. The molecule has 5 aromatic rings. The van der Waals surface area contributed by atoms with E-state index in [0.29, 0.717) is 44.0 Å². The van der Waals surface area contributed by atoms with E-state index in [-0.39, 0.29) is 17.4 Å². The largest absolute Gasteiger partial charge is 0.494 e. The Balaban J connectivity index is 1.49. The number of ether oxygens (including phenoxy) is 1. The fourth-order valence-corrected chi connectivity index (χ4v) is 4.63. The second-order valence-electron chi connectivity index (χ2n) is 9.04. The highest BCUT2D eigenvalue weighted by molar-refractivity contribution is 5.80. The van der Waals surface area contributed by atoms with E-state index in [4.69, 9.17) is 9.15 Å². The number of fused-ring (bicyclic) bond motifs is 1. The highest BCUT2D eigenvalue weighted by Crippen LogP contribution is 2.27. The molecule has 9 nitrogen and oxygen atoms in total. The number of tetrazole rings is 1. The van der Waals surface area contributed by atoms with Crippen molar-refractivity contribution in [2.24, 2.45) is 0 Å². The summed E-state index contributed by atoms with van der Waals surface area (Å²) < 4.78 is 26.4. The Hall–Kier alpha value is -4.31. The molecule has 0 aliphatic rings. The van der Waals surface area contributed by atoms with Gasteiger partial charge >= 0.3 is 0 Å². The Labute approximate surface area is 218 Å². The van der Waals surface area contributed by atoms with Crippen LogP contribution in [0.25, 0.3) is 10.9 Å². The van der Waals surface area contributed by atoms with Crippen LogP contribution in [-0.2, 0) is 19.6 Å². The Morgan fingerprint density at radius 3 is 2.68 bits per heavy atom. The van der Waals surface area contributed by atoms with Gasteiger partial charge in [-0.15, -0.1) is 5.10 Å².